The second-order valence-electron chi connectivity index (χ2n) is 8.98. The van der Waals surface area contributed by atoms with E-state index in [9.17, 15) is 13.2 Å². The van der Waals surface area contributed by atoms with Crippen LogP contribution < -0.4 is 4.74 Å². The largest absolute Gasteiger partial charge is 0.494 e. The van der Waals surface area contributed by atoms with Crippen LogP contribution in [0.15, 0.2) is 89.8 Å². The third-order valence-corrected chi connectivity index (χ3v) is 8.63. The van der Waals surface area contributed by atoms with Gasteiger partial charge in [-0.3, -0.25) is 9.69 Å². The van der Waals surface area contributed by atoms with Gasteiger partial charge in [-0.05, 0) is 42.3 Å². The van der Waals surface area contributed by atoms with Crippen LogP contribution in [-0.2, 0) is 14.8 Å². The Labute approximate surface area is 220 Å². The number of rotatable bonds is 10. The number of hydrogen-bond acceptors (Lipinski definition) is 5. The molecule has 0 bridgehead atoms. The maximum absolute atomic E-state index is 13.2. The van der Waals surface area contributed by atoms with Crippen molar-refractivity contribution in [2.45, 2.75) is 24.8 Å². The summed E-state index contributed by atoms with van der Waals surface area (Å²) in [7, 11) is -3.79. The van der Waals surface area contributed by atoms with E-state index in [1.807, 2.05) is 19.1 Å². The molecule has 0 unspecified atom stereocenters. The van der Waals surface area contributed by atoms with E-state index in [4.69, 9.17) is 4.74 Å². The van der Waals surface area contributed by atoms with Crippen LogP contribution in [0.4, 0.5) is 0 Å². The minimum atomic E-state index is -3.79. The molecule has 1 aliphatic rings. The fourth-order valence-electron chi connectivity index (χ4n) is 4.76. The van der Waals surface area contributed by atoms with Gasteiger partial charge in [0.25, 0.3) is 0 Å². The normalized spacial score (nSPS) is 14.8. The maximum Gasteiger partial charge on any atom is 0.243 e. The molecule has 0 aliphatic carbocycles. The molecule has 1 heterocycles. The van der Waals surface area contributed by atoms with Crippen molar-refractivity contribution in [3.05, 3.63) is 96.1 Å². The first kappa shape index (κ1) is 26.9. The Morgan fingerprint density at radius 1 is 0.838 bits per heavy atom. The Hall–Kier alpha value is -3.20. The fourth-order valence-corrected chi connectivity index (χ4v) is 6.15. The van der Waals surface area contributed by atoms with E-state index in [-0.39, 0.29) is 29.9 Å². The van der Waals surface area contributed by atoms with Crippen molar-refractivity contribution in [2.75, 3.05) is 45.9 Å². The third-order valence-electron chi connectivity index (χ3n) is 6.70. The number of piperazine rings is 1. The van der Waals surface area contributed by atoms with Crippen LogP contribution in [0.3, 0.4) is 0 Å². The van der Waals surface area contributed by atoms with E-state index in [1.54, 1.807) is 24.0 Å². The molecule has 0 atom stereocenters. The Balaban J connectivity index is 1.42. The van der Waals surface area contributed by atoms with E-state index in [0.29, 0.717) is 38.5 Å². The van der Waals surface area contributed by atoms with E-state index in [1.165, 1.54) is 27.6 Å². The molecular formula is C29H35N3O4S. The standard InChI is InChI=1S/C29H35N3O4S/c1-3-32(37(34,35)27-17-15-26(16-18-27)36-4-2)23-28(33)30-19-21-31(22-20-30)29(24-11-7-5-8-12-24)25-13-9-6-10-14-25/h5-18,29H,3-4,19-23H2,1-2H3. The van der Waals surface area contributed by atoms with Crippen molar-refractivity contribution in [2.24, 2.45) is 0 Å². The monoisotopic (exact) mass is 521 g/mol. The maximum atomic E-state index is 13.2. The molecule has 37 heavy (non-hydrogen) atoms. The number of nitrogens with zero attached hydrogens (tertiary/aromatic N) is 3. The van der Waals surface area contributed by atoms with Crippen LogP contribution in [0.1, 0.15) is 31.0 Å². The first-order valence-electron chi connectivity index (χ1n) is 12.8. The van der Waals surface area contributed by atoms with Gasteiger partial charge in [0, 0.05) is 32.7 Å². The summed E-state index contributed by atoms with van der Waals surface area (Å²) in [5, 5.41) is 0. The topological polar surface area (TPSA) is 70.2 Å². The third kappa shape index (κ3) is 6.39. The first-order valence-corrected chi connectivity index (χ1v) is 14.2. The van der Waals surface area contributed by atoms with Crippen LogP contribution in [0, 0.1) is 0 Å². The lowest BCUT2D eigenvalue weighted by Crippen LogP contribution is -2.52. The molecule has 7 nitrogen and oxygen atoms in total. The van der Waals surface area contributed by atoms with E-state index in [0.717, 1.165) is 0 Å². The zero-order chi connectivity index (χ0) is 26.3. The van der Waals surface area contributed by atoms with Crippen molar-refractivity contribution in [3.8, 4) is 5.75 Å². The molecule has 3 aromatic rings. The van der Waals surface area contributed by atoms with Gasteiger partial charge in [0.1, 0.15) is 5.75 Å². The molecule has 1 aliphatic heterocycles. The number of amides is 1. The van der Waals surface area contributed by atoms with Crippen LogP contribution in [-0.4, -0.2) is 74.3 Å². The molecule has 8 heteroatoms. The highest BCUT2D eigenvalue weighted by Crippen LogP contribution is 2.29. The highest BCUT2D eigenvalue weighted by Gasteiger charge is 2.31. The van der Waals surface area contributed by atoms with Crippen molar-refractivity contribution >= 4 is 15.9 Å². The molecule has 1 saturated heterocycles. The number of carbonyl (C=O) groups is 1. The van der Waals surface area contributed by atoms with Crippen molar-refractivity contribution in [1.82, 2.24) is 14.1 Å². The Kier molecular flexibility index (Phi) is 8.97. The van der Waals surface area contributed by atoms with Gasteiger partial charge in [0.05, 0.1) is 24.1 Å². The summed E-state index contributed by atoms with van der Waals surface area (Å²) in [4.78, 5) is 17.5. The number of sulfonamides is 1. The summed E-state index contributed by atoms with van der Waals surface area (Å²) < 4.78 is 33.1. The number of ether oxygens (including phenoxy) is 1. The average molecular weight is 522 g/mol. The Morgan fingerprint density at radius 2 is 1.38 bits per heavy atom. The van der Waals surface area contributed by atoms with Gasteiger partial charge < -0.3 is 9.64 Å². The van der Waals surface area contributed by atoms with E-state index in [2.05, 4.69) is 53.4 Å². The van der Waals surface area contributed by atoms with Gasteiger partial charge in [0.2, 0.25) is 15.9 Å². The number of likely N-dealkylation sites (N-methyl/N-ethyl adjacent to an activating group) is 1. The minimum absolute atomic E-state index is 0.104. The predicted octanol–water partition coefficient (Wildman–Crippen LogP) is 4.03. The molecule has 3 aromatic carbocycles. The average Bonchev–Trinajstić information content (AvgIpc) is 2.94. The van der Waals surface area contributed by atoms with Gasteiger partial charge in [-0.25, -0.2) is 8.42 Å². The van der Waals surface area contributed by atoms with Crippen LogP contribution in [0.25, 0.3) is 0 Å². The van der Waals surface area contributed by atoms with Crippen molar-refractivity contribution in [3.63, 3.8) is 0 Å². The molecule has 1 amide bonds. The Morgan fingerprint density at radius 3 is 1.86 bits per heavy atom. The molecule has 0 spiro atoms. The SMILES string of the molecule is CCOc1ccc(S(=O)(=O)N(CC)CC(=O)N2CCN(C(c3ccccc3)c3ccccc3)CC2)cc1. The molecule has 0 aromatic heterocycles. The minimum Gasteiger partial charge on any atom is -0.494 e. The number of hydrogen-bond donors (Lipinski definition) is 0. The zero-order valence-electron chi connectivity index (χ0n) is 21.5. The van der Waals surface area contributed by atoms with E-state index >= 15 is 0 Å². The molecular weight excluding hydrogens is 486 g/mol. The van der Waals surface area contributed by atoms with E-state index < -0.39 is 10.0 Å². The van der Waals surface area contributed by atoms with Crippen LogP contribution in [0.2, 0.25) is 0 Å². The Bertz CT molecular complexity index is 1200. The lowest BCUT2D eigenvalue weighted by atomic mass is 9.96. The summed E-state index contributed by atoms with van der Waals surface area (Å²) in [5.74, 6) is 0.440. The van der Waals surface area contributed by atoms with Gasteiger partial charge in [0.15, 0.2) is 0 Å². The van der Waals surface area contributed by atoms with Gasteiger partial charge >= 0.3 is 0 Å². The lowest BCUT2D eigenvalue weighted by Gasteiger charge is -2.40. The smallest absolute Gasteiger partial charge is 0.243 e. The highest BCUT2D eigenvalue weighted by atomic mass is 32.2. The fraction of sp³-hybridized carbons (Fsp3) is 0.345. The molecule has 0 radical (unpaired) electrons. The number of carbonyl (C=O) groups excluding carboxylic acids is 1. The summed E-state index contributed by atoms with van der Waals surface area (Å²) in [6.07, 6.45) is 0. The van der Waals surface area contributed by atoms with Gasteiger partial charge in [-0.1, -0.05) is 67.6 Å². The summed E-state index contributed by atoms with van der Waals surface area (Å²) in [5.41, 5.74) is 2.43. The molecule has 4 rings (SSSR count). The molecule has 1 fully saturated rings. The summed E-state index contributed by atoms with van der Waals surface area (Å²) in [6, 6.07) is 27.2. The predicted molar refractivity (Wildman–Crippen MR) is 145 cm³/mol. The quantitative estimate of drug-likeness (QED) is 0.403. The summed E-state index contributed by atoms with van der Waals surface area (Å²) in [6.45, 7) is 6.69. The van der Waals surface area contributed by atoms with Crippen LogP contribution in [0.5, 0.6) is 5.75 Å². The van der Waals surface area contributed by atoms with Crippen LogP contribution >= 0.6 is 0 Å². The van der Waals surface area contributed by atoms with Gasteiger partial charge in [-0.15, -0.1) is 0 Å². The second-order valence-corrected chi connectivity index (χ2v) is 10.9. The molecule has 196 valence electrons. The van der Waals surface area contributed by atoms with Crippen molar-refractivity contribution in [1.29, 1.82) is 0 Å². The second kappa shape index (κ2) is 12.4. The highest BCUT2D eigenvalue weighted by molar-refractivity contribution is 7.89. The summed E-state index contributed by atoms with van der Waals surface area (Å²) >= 11 is 0. The lowest BCUT2D eigenvalue weighted by molar-refractivity contribution is -0.133. The molecule has 0 N–H and O–H groups in total. The van der Waals surface area contributed by atoms with Gasteiger partial charge in [-0.2, -0.15) is 4.31 Å². The first-order chi connectivity index (χ1) is 17.9. The van der Waals surface area contributed by atoms with Crippen molar-refractivity contribution < 1.29 is 17.9 Å². The zero-order valence-corrected chi connectivity index (χ0v) is 22.3. The number of benzene rings is 3. The molecule has 0 saturated carbocycles.